The number of hydrogen-bond donors (Lipinski definition) is 2. The zero-order chi connectivity index (χ0) is 25.9. The Labute approximate surface area is 214 Å². The number of rotatable bonds is 6. The van der Waals surface area contributed by atoms with E-state index in [9.17, 15) is 14.4 Å². The van der Waals surface area contributed by atoms with E-state index >= 15 is 0 Å². The Morgan fingerprint density at radius 1 is 1.19 bits per heavy atom. The zero-order valence-corrected chi connectivity index (χ0v) is 20.8. The van der Waals surface area contributed by atoms with Crippen molar-refractivity contribution in [2.75, 3.05) is 37.0 Å². The standard InChI is InChI=1S/C26H29N7O4/c1-17-25(35)28-20-12-19(8-9-22(20)31(17)2)26(36)33-10-11-37-16-23(33)21-14-32(30-29-21)15-24(34)27-13-18-6-4-3-5-7-18/h3-9,12,14,17,23H,10-11,13,15-16H2,1-2H3,(H,27,34)(H,28,35). The number of morpholine rings is 1. The highest BCUT2D eigenvalue weighted by molar-refractivity contribution is 6.05. The SMILES string of the molecule is CC1C(=O)Nc2cc(C(=O)N3CCOCC3c3cn(CC(=O)NCc4ccccc4)nn3)ccc2N1C. The number of nitrogens with one attached hydrogen (secondary N) is 2. The van der Waals surface area contributed by atoms with Gasteiger partial charge in [-0.15, -0.1) is 5.10 Å². The van der Waals surface area contributed by atoms with Crippen molar-refractivity contribution >= 4 is 29.1 Å². The molecule has 192 valence electrons. The number of nitrogens with zero attached hydrogens (tertiary/aromatic N) is 5. The van der Waals surface area contributed by atoms with Gasteiger partial charge >= 0.3 is 0 Å². The molecule has 2 unspecified atom stereocenters. The van der Waals surface area contributed by atoms with E-state index in [4.69, 9.17) is 4.74 Å². The van der Waals surface area contributed by atoms with Gasteiger partial charge in [-0.1, -0.05) is 35.5 Å². The third kappa shape index (κ3) is 5.17. The molecular weight excluding hydrogens is 474 g/mol. The molecule has 0 spiro atoms. The minimum atomic E-state index is -0.448. The maximum Gasteiger partial charge on any atom is 0.254 e. The maximum atomic E-state index is 13.5. The second-order valence-corrected chi connectivity index (χ2v) is 9.20. The highest BCUT2D eigenvalue weighted by Crippen LogP contribution is 2.33. The summed E-state index contributed by atoms with van der Waals surface area (Å²) < 4.78 is 7.10. The molecule has 5 rings (SSSR count). The van der Waals surface area contributed by atoms with Crippen LogP contribution in [0.2, 0.25) is 0 Å². The van der Waals surface area contributed by atoms with Gasteiger partial charge in [-0.25, -0.2) is 4.68 Å². The number of fused-ring (bicyclic) bond motifs is 1. The second-order valence-electron chi connectivity index (χ2n) is 9.20. The average molecular weight is 504 g/mol. The molecule has 1 fully saturated rings. The number of amides is 3. The zero-order valence-electron chi connectivity index (χ0n) is 20.8. The van der Waals surface area contributed by atoms with Gasteiger partial charge in [0.1, 0.15) is 24.3 Å². The largest absolute Gasteiger partial charge is 0.377 e. The summed E-state index contributed by atoms with van der Waals surface area (Å²) in [5, 5.41) is 14.1. The highest BCUT2D eigenvalue weighted by atomic mass is 16.5. The lowest BCUT2D eigenvalue weighted by molar-refractivity contribution is -0.122. The van der Waals surface area contributed by atoms with E-state index in [1.807, 2.05) is 55.3 Å². The Morgan fingerprint density at radius 2 is 2.00 bits per heavy atom. The predicted octanol–water partition coefficient (Wildman–Crippen LogP) is 1.58. The molecule has 0 bridgehead atoms. The molecule has 2 N–H and O–H groups in total. The van der Waals surface area contributed by atoms with Crippen LogP contribution in [0, 0.1) is 0 Å². The van der Waals surface area contributed by atoms with E-state index in [1.54, 1.807) is 23.2 Å². The first kappa shape index (κ1) is 24.4. The monoisotopic (exact) mass is 503 g/mol. The van der Waals surface area contributed by atoms with Gasteiger partial charge in [0.15, 0.2) is 0 Å². The topological polar surface area (TPSA) is 122 Å². The molecule has 2 aromatic carbocycles. The molecule has 0 aliphatic carbocycles. The smallest absolute Gasteiger partial charge is 0.254 e. The van der Waals surface area contributed by atoms with Crippen LogP contribution in [-0.2, 0) is 27.4 Å². The summed E-state index contributed by atoms with van der Waals surface area (Å²) in [6.45, 7) is 3.32. The minimum Gasteiger partial charge on any atom is -0.377 e. The summed E-state index contributed by atoms with van der Waals surface area (Å²) in [5.74, 6) is -0.501. The normalized spacial score (nSPS) is 19.2. The number of benzene rings is 2. The van der Waals surface area contributed by atoms with Crippen LogP contribution in [0.1, 0.15) is 34.6 Å². The van der Waals surface area contributed by atoms with E-state index in [-0.39, 0.29) is 36.9 Å². The molecule has 11 heteroatoms. The average Bonchev–Trinajstić information content (AvgIpc) is 3.38. The van der Waals surface area contributed by atoms with E-state index < -0.39 is 6.04 Å². The van der Waals surface area contributed by atoms with Gasteiger partial charge in [0.05, 0.1) is 30.8 Å². The predicted molar refractivity (Wildman–Crippen MR) is 136 cm³/mol. The Hall–Kier alpha value is -4.25. The molecule has 1 saturated heterocycles. The molecule has 2 aliphatic heterocycles. The summed E-state index contributed by atoms with van der Waals surface area (Å²) in [7, 11) is 1.85. The van der Waals surface area contributed by atoms with Crippen molar-refractivity contribution in [2.24, 2.45) is 0 Å². The summed E-state index contributed by atoms with van der Waals surface area (Å²) in [4.78, 5) is 41.8. The van der Waals surface area contributed by atoms with Gasteiger partial charge in [0.2, 0.25) is 11.8 Å². The fourth-order valence-corrected chi connectivity index (χ4v) is 4.50. The van der Waals surface area contributed by atoms with Crippen molar-refractivity contribution in [3.05, 3.63) is 71.5 Å². The molecule has 2 atom stereocenters. The van der Waals surface area contributed by atoms with Crippen molar-refractivity contribution in [1.29, 1.82) is 0 Å². The number of anilines is 2. The van der Waals surface area contributed by atoms with Gasteiger partial charge in [-0.05, 0) is 30.7 Å². The fourth-order valence-electron chi connectivity index (χ4n) is 4.50. The highest BCUT2D eigenvalue weighted by Gasteiger charge is 2.33. The van der Waals surface area contributed by atoms with Crippen molar-refractivity contribution in [2.45, 2.75) is 32.1 Å². The molecule has 3 aromatic rings. The van der Waals surface area contributed by atoms with Crippen LogP contribution in [0.25, 0.3) is 0 Å². The van der Waals surface area contributed by atoms with Crippen LogP contribution in [0.4, 0.5) is 11.4 Å². The van der Waals surface area contributed by atoms with Gasteiger partial charge < -0.3 is 25.2 Å². The van der Waals surface area contributed by atoms with Crippen LogP contribution in [0.15, 0.2) is 54.7 Å². The lowest BCUT2D eigenvalue weighted by Crippen LogP contribution is -2.45. The van der Waals surface area contributed by atoms with Crippen molar-refractivity contribution in [1.82, 2.24) is 25.2 Å². The van der Waals surface area contributed by atoms with Crippen molar-refractivity contribution in [3.63, 3.8) is 0 Å². The van der Waals surface area contributed by atoms with Crippen LogP contribution in [-0.4, -0.2) is 70.5 Å². The summed E-state index contributed by atoms with van der Waals surface area (Å²) in [6, 6.07) is 14.2. The van der Waals surface area contributed by atoms with Gasteiger partial charge in [-0.2, -0.15) is 0 Å². The summed E-state index contributed by atoms with van der Waals surface area (Å²) >= 11 is 0. The lowest BCUT2D eigenvalue weighted by Gasteiger charge is -2.35. The Kier molecular flexibility index (Phi) is 6.87. The number of aromatic nitrogens is 3. The molecule has 0 radical (unpaired) electrons. The molecule has 3 heterocycles. The van der Waals surface area contributed by atoms with Crippen molar-refractivity contribution < 1.29 is 19.1 Å². The van der Waals surface area contributed by atoms with Gasteiger partial charge in [0.25, 0.3) is 5.91 Å². The van der Waals surface area contributed by atoms with E-state index in [0.29, 0.717) is 36.6 Å². The number of carbonyl (C=O) groups is 3. The first-order valence-corrected chi connectivity index (χ1v) is 12.2. The summed E-state index contributed by atoms with van der Waals surface area (Å²) in [6.07, 6.45) is 1.67. The lowest BCUT2D eigenvalue weighted by atomic mass is 10.0. The molecule has 2 aliphatic rings. The minimum absolute atomic E-state index is 0.0117. The van der Waals surface area contributed by atoms with E-state index in [1.165, 1.54) is 4.68 Å². The molecule has 37 heavy (non-hydrogen) atoms. The Morgan fingerprint density at radius 3 is 2.81 bits per heavy atom. The number of carbonyl (C=O) groups excluding carboxylic acids is 3. The fraction of sp³-hybridized carbons (Fsp3) is 0.346. The third-order valence-corrected chi connectivity index (χ3v) is 6.77. The molecule has 1 aromatic heterocycles. The Bertz CT molecular complexity index is 1310. The quantitative estimate of drug-likeness (QED) is 0.524. The first-order valence-electron chi connectivity index (χ1n) is 12.2. The molecule has 3 amide bonds. The number of likely N-dealkylation sites (N-methyl/N-ethyl adjacent to an activating group) is 1. The molecule has 0 saturated carbocycles. The number of ether oxygens (including phenoxy) is 1. The van der Waals surface area contributed by atoms with Crippen LogP contribution in [0.5, 0.6) is 0 Å². The molecule has 11 nitrogen and oxygen atoms in total. The first-order chi connectivity index (χ1) is 17.9. The van der Waals surface area contributed by atoms with Gasteiger partial charge in [-0.3, -0.25) is 14.4 Å². The van der Waals surface area contributed by atoms with Gasteiger partial charge in [0, 0.05) is 25.7 Å². The van der Waals surface area contributed by atoms with Crippen LogP contribution < -0.4 is 15.5 Å². The maximum absolute atomic E-state index is 13.5. The third-order valence-electron chi connectivity index (χ3n) is 6.77. The Balaban J connectivity index is 1.27. The van der Waals surface area contributed by atoms with E-state index in [0.717, 1.165) is 11.3 Å². The molecular formula is C26H29N7O4. The number of hydrogen-bond acceptors (Lipinski definition) is 7. The van der Waals surface area contributed by atoms with Crippen molar-refractivity contribution in [3.8, 4) is 0 Å². The van der Waals surface area contributed by atoms with Crippen LogP contribution >= 0.6 is 0 Å². The second kappa shape index (κ2) is 10.4. The van der Waals surface area contributed by atoms with E-state index in [2.05, 4.69) is 20.9 Å². The summed E-state index contributed by atoms with van der Waals surface area (Å²) in [5.41, 5.74) is 3.47. The van der Waals surface area contributed by atoms with Crippen LogP contribution in [0.3, 0.4) is 0 Å².